The molecule has 13 heavy (non-hydrogen) atoms. The number of carboxylic acids is 1. The van der Waals surface area contributed by atoms with Crippen molar-refractivity contribution in [1.29, 1.82) is 0 Å². The van der Waals surface area contributed by atoms with Crippen molar-refractivity contribution in [2.24, 2.45) is 0 Å². The van der Waals surface area contributed by atoms with Gasteiger partial charge in [0.2, 0.25) is 0 Å². The number of hydrogen-bond donors (Lipinski definition) is 2. The smallest absolute Gasteiger partial charge is 0.306 e. The summed E-state index contributed by atoms with van der Waals surface area (Å²) in [5, 5.41) is 18.4. The number of carboxylic acid groups (broad SMARTS) is 1. The summed E-state index contributed by atoms with van der Waals surface area (Å²) in [6.45, 7) is 5.52. The lowest BCUT2D eigenvalue weighted by molar-refractivity contribution is -0.142. The summed E-state index contributed by atoms with van der Waals surface area (Å²) in [5.74, 6) is -0.958. The van der Waals surface area contributed by atoms with Crippen LogP contribution in [0.25, 0.3) is 0 Å². The van der Waals surface area contributed by atoms with Crippen molar-refractivity contribution >= 4 is 5.97 Å². The van der Waals surface area contributed by atoms with Crippen molar-refractivity contribution in [3.05, 3.63) is 12.7 Å². The van der Waals surface area contributed by atoms with Crippen molar-refractivity contribution < 1.29 is 15.0 Å². The van der Waals surface area contributed by atoms with Crippen molar-refractivity contribution in [3.8, 4) is 0 Å². The van der Waals surface area contributed by atoms with Crippen LogP contribution in [0, 0.1) is 0 Å². The van der Waals surface area contributed by atoms with Crippen LogP contribution in [0.2, 0.25) is 0 Å². The predicted octanol–water partition coefficient (Wildman–Crippen LogP) is 1.96. The minimum atomic E-state index is -1.09. The van der Waals surface area contributed by atoms with Gasteiger partial charge in [-0.15, -0.1) is 6.58 Å². The average molecular weight is 186 g/mol. The number of unbranched alkanes of at least 4 members (excludes halogenated alkanes) is 1. The lowest BCUT2D eigenvalue weighted by Crippen LogP contribution is -2.31. The van der Waals surface area contributed by atoms with Crippen molar-refractivity contribution in [3.63, 3.8) is 0 Å². The fraction of sp³-hybridized carbons (Fsp3) is 0.700. The van der Waals surface area contributed by atoms with Crippen LogP contribution in [0.3, 0.4) is 0 Å². The number of hydrogen-bond acceptors (Lipinski definition) is 2. The van der Waals surface area contributed by atoms with Crippen molar-refractivity contribution in [1.82, 2.24) is 0 Å². The first-order valence-electron chi connectivity index (χ1n) is 4.59. The van der Waals surface area contributed by atoms with Gasteiger partial charge in [0.05, 0.1) is 12.0 Å². The Balaban J connectivity index is 4.14. The van der Waals surface area contributed by atoms with Crippen LogP contribution < -0.4 is 0 Å². The molecule has 0 amide bonds. The predicted molar refractivity (Wildman–Crippen MR) is 51.5 cm³/mol. The molecule has 0 aromatic rings. The Kier molecular flexibility index (Phi) is 5.39. The van der Waals surface area contributed by atoms with Crippen LogP contribution >= 0.6 is 0 Å². The molecule has 0 aromatic heterocycles. The quantitative estimate of drug-likeness (QED) is 0.597. The summed E-state index contributed by atoms with van der Waals surface area (Å²) >= 11 is 0. The molecule has 0 fully saturated rings. The Morgan fingerprint density at radius 3 is 2.62 bits per heavy atom. The molecule has 0 rings (SSSR count). The molecule has 0 radical (unpaired) electrons. The van der Waals surface area contributed by atoms with Crippen LogP contribution in [-0.2, 0) is 4.79 Å². The Labute approximate surface area is 79.1 Å². The van der Waals surface area contributed by atoms with E-state index in [0.717, 1.165) is 12.8 Å². The second-order valence-corrected chi connectivity index (χ2v) is 3.39. The van der Waals surface area contributed by atoms with Crippen molar-refractivity contribution in [2.45, 2.75) is 44.6 Å². The molecule has 0 aliphatic heterocycles. The molecule has 76 valence electrons. The van der Waals surface area contributed by atoms with Gasteiger partial charge in [-0.2, -0.15) is 0 Å². The average Bonchev–Trinajstić information content (AvgIpc) is 2.00. The Bertz CT molecular complexity index is 177. The summed E-state index contributed by atoms with van der Waals surface area (Å²) < 4.78 is 0. The molecule has 0 spiro atoms. The van der Waals surface area contributed by atoms with E-state index in [1.54, 1.807) is 6.08 Å². The molecule has 0 saturated heterocycles. The standard InChI is InChI=1S/C10H18O3/c1-3-5-7-10(13,6-4-2)8-9(11)12/h4,13H,2-3,5-8H2,1H3,(H,11,12). The summed E-state index contributed by atoms with van der Waals surface area (Å²) in [7, 11) is 0. The highest BCUT2D eigenvalue weighted by Crippen LogP contribution is 2.23. The van der Waals surface area contributed by atoms with Crippen molar-refractivity contribution in [2.75, 3.05) is 0 Å². The maximum Gasteiger partial charge on any atom is 0.306 e. The molecule has 1 atom stereocenters. The summed E-state index contributed by atoms with van der Waals surface area (Å²) in [4.78, 5) is 10.5. The third-order valence-electron chi connectivity index (χ3n) is 2.00. The highest BCUT2D eigenvalue weighted by molar-refractivity contribution is 5.68. The second kappa shape index (κ2) is 5.75. The third kappa shape index (κ3) is 5.42. The van der Waals surface area contributed by atoms with E-state index < -0.39 is 11.6 Å². The molecule has 0 heterocycles. The first-order valence-corrected chi connectivity index (χ1v) is 4.59. The molecule has 0 aliphatic rings. The van der Waals surface area contributed by atoms with Gasteiger partial charge >= 0.3 is 5.97 Å². The Morgan fingerprint density at radius 1 is 1.62 bits per heavy atom. The highest BCUT2D eigenvalue weighted by atomic mass is 16.4. The zero-order chi connectivity index (χ0) is 10.3. The molecule has 3 nitrogen and oxygen atoms in total. The molecule has 0 saturated carbocycles. The van der Waals surface area contributed by atoms with Crippen LogP contribution in [-0.4, -0.2) is 21.8 Å². The van der Waals surface area contributed by atoms with Crippen LogP contribution in [0.1, 0.15) is 39.0 Å². The Morgan fingerprint density at radius 2 is 2.23 bits per heavy atom. The van der Waals surface area contributed by atoms with E-state index in [-0.39, 0.29) is 6.42 Å². The number of carbonyl (C=O) groups is 1. The molecule has 1 unspecified atom stereocenters. The SMILES string of the molecule is C=CCC(O)(CCCC)CC(=O)O. The minimum absolute atomic E-state index is 0.195. The molecule has 2 N–H and O–H groups in total. The van der Waals surface area contributed by atoms with Gasteiger partial charge in [0.1, 0.15) is 0 Å². The maximum atomic E-state index is 10.5. The van der Waals surface area contributed by atoms with Gasteiger partial charge in [0, 0.05) is 0 Å². The molecular weight excluding hydrogens is 168 g/mol. The number of aliphatic hydroxyl groups is 1. The second-order valence-electron chi connectivity index (χ2n) is 3.39. The van der Waals surface area contributed by atoms with E-state index in [2.05, 4.69) is 6.58 Å². The van der Waals surface area contributed by atoms with Gasteiger partial charge in [-0.25, -0.2) is 0 Å². The minimum Gasteiger partial charge on any atom is -0.481 e. The summed E-state index contributed by atoms with van der Waals surface area (Å²) in [6.07, 6.45) is 4.05. The van der Waals surface area contributed by atoms with Gasteiger partial charge < -0.3 is 10.2 Å². The maximum absolute atomic E-state index is 10.5. The van der Waals surface area contributed by atoms with Gasteiger partial charge in [0.15, 0.2) is 0 Å². The summed E-state index contributed by atoms with van der Waals surface area (Å²) in [5.41, 5.74) is -1.09. The van der Waals surface area contributed by atoms with E-state index in [1.807, 2.05) is 6.92 Å². The fourth-order valence-electron chi connectivity index (χ4n) is 1.32. The molecular formula is C10H18O3. The molecule has 0 aliphatic carbocycles. The lowest BCUT2D eigenvalue weighted by atomic mass is 9.90. The van der Waals surface area contributed by atoms with Gasteiger partial charge in [-0.1, -0.05) is 25.8 Å². The van der Waals surface area contributed by atoms with E-state index in [0.29, 0.717) is 12.8 Å². The lowest BCUT2D eigenvalue weighted by Gasteiger charge is -2.24. The van der Waals surface area contributed by atoms with E-state index in [1.165, 1.54) is 0 Å². The van der Waals surface area contributed by atoms with Gasteiger partial charge in [-0.05, 0) is 12.8 Å². The number of rotatable bonds is 7. The first kappa shape index (κ1) is 12.2. The largest absolute Gasteiger partial charge is 0.481 e. The topological polar surface area (TPSA) is 57.5 Å². The number of aliphatic carboxylic acids is 1. The zero-order valence-electron chi connectivity index (χ0n) is 8.12. The van der Waals surface area contributed by atoms with E-state index in [4.69, 9.17) is 5.11 Å². The third-order valence-corrected chi connectivity index (χ3v) is 2.00. The van der Waals surface area contributed by atoms with Crippen LogP contribution in [0.4, 0.5) is 0 Å². The van der Waals surface area contributed by atoms with Crippen LogP contribution in [0.15, 0.2) is 12.7 Å². The van der Waals surface area contributed by atoms with Crippen LogP contribution in [0.5, 0.6) is 0 Å². The monoisotopic (exact) mass is 186 g/mol. The molecule has 3 heteroatoms. The Hall–Kier alpha value is -0.830. The highest BCUT2D eigenvalue weighted by Gasteiger charge is 2.27. The first-order chi connectivity index (χ1) is 6.04. The zero-order valence-corrected chi connectivity index (χ0v) is 8.12. The normalized spacial score (nSPS) is 14.9. The van der Waals surface area contributed by atoms with E-state index >= 15 is 0 Å². The van der Waals surface area contributed by atoms with Gasteiger partial charge in [-0.3, -0.25) is 4.79 Å². The molecule has 0 aromatic carbocycles. The molecule has 0 bridgehead atoms. The fourth-order valence-corrected chi connectivity index (χ4v) is 1.32. The van der Waals surface area contributed by atoms with Gasteiger partial charge in [0.25, 0.3) is 0 Å². The summed E-state index contributed by atoms with van der Waals surface area (Å²) in [6, 6.07) is 0. The van der Waals surface area contributed by atoms with E-state index in [9.17, 15) is 9.90 Å².